The molecule has 2 saturated heterocycles. The second kappa shape index (κ2) is 11.0. The van der Waals surface area contributed by atoms with Gasteiger partial charge in [0, 0.05) is 18.8 Å². The number of nitrogens with one attached hydrogen (secondary N) is 1. The molecule has 0 bridgehead atoms. The summed E-state index contributed by atoms with van der Waals surface area (Å²) in [6.45, 7) is 5.37. The van der Waals surface area contributed by atoms with Gasteiger partial charge in [-0.25, -0.2) is 4.79 Å². The Kier molecular flexibility index (Phi) is 7.89. The molecule has 6 nitrogen and oxygen atoms in total. The van der Waals surface area contributed by atoms with Crippen molar-refractivity contribution in [2.45, 2.75) is 38.5 Å². The lowest BCUT2D eigenvalue weighted by Crippen LogP contribution is -2.37. The fourth-order valence-corrected chi connectivity index (χ4v) is 5.14. The smallest absolute Gasteiger partial charge is 0.337 e. The first-order chi connectivity index (χ1) is 16.0. The molecule has 2 N–H and O–H groups in total. The van der Waals surface area contributed by atoms with Crippen LogP contribution in [0, 0.1) is 5.92 Å². The maximum absolute atomic E-state index is 12.6. The predicted octanol–water partition coefficient (Wildman–Crippen LogP) is 5.38. The number of likely N-dealkylation sites (tertiary alicyclic amines) is 1. The maximum atomic E-state index is 12.6. The Balaban J connectivity index is 1.37. The minimum Gasteiger partial charge on any atom is -0.478 e. The number of nitrogens with zero attached hydrogens (tertiary/aromatic N) is 2. The van der Waals surface area contributed by atoms with Crippen LogP contribution in [0.5, 0.6) is 0 Å². The topological polar surface area (TPSA) is 72.9 Å². The molecular weight excluding hydrogens is 438 g/mol. The van der Waals surface area contributed by atoms with Crippen LogP contribution in [0.4, 0.5) is 11.4 Å². The number of hydrogen-bond donors (Lipinski definition) is 2. The summed E-state index contributed by atoms with van der Waals surface area (Å²) in [5.41, 5.74) is 1.72. The van der Waals surface area contributed by atoms with E-state index in [0.29, 0.717) is 27.9 Å². The lowest BCUT2D eigenvalue weighted by Gasteiger charge is -2.35. The van der Waals surface area contributed by atoms with E-state index in [0.717, 1.165) is 25.9 Å². The Morgan fingerprint density at radius 2 is 1.70 bits per heavy atom. The number of piperidine rings is 2. The van der Waals surface area contributed by atoms with Crippen molar-refractivity contribution in [2.75, 3.05) is 42.9 Å². The van der Waals surface area contributed by atoms with Gasteiger partial charge in [0.05, 0.1) is 21.8 Å². The Hall–Kier alpha value is -2.57. The van der Waals surface area contributed by atoms with Crippen LogP contribution in [0.15, 0.2) is 42.5 Å². The number of carbonyl (C=O) groups excluding carboxylic acids is 1. The van der Waals surface area contributed by atoms with E-state index in [1.54, 1.807) is 36.4 Å². The van der Waals surface area contributed by atoms with E-state index in [9.17, 15) is 14.7 Å². The molecule has 2 aromatic rings. The summed E-state index contributed by atoms with van der Waals surface area (Å²) in [5.74, 6) is -0.657. The van der Waals surface area contributed by atoms with Crippen LogP contribution >= 0.6 is 11.6 Å². The molecule has 0 saturated carbocycles. The quantitative estimate of drug-likeness (QED) is 0.569. The van der Waals surface area contributed by atoms with Crippen molar-refractivity contribution in [1.29, 1.82) is 0 Å². The normalized spacial score (nSPS) is 17.7. The molecule has 4 rings (SSSR count). The number of rotatable bonds is 7. The second-order valence-electron chi connectivity index (χ2n) is 9.09. The van der Waals surface area contributed by atoms with E-state index >= 15 is 0 Å². The third-order valence-corrected chi connectivity index (χ3v) is 7.19. The van der Waals surface area contributed by atoms with Gasteiger partial charge in [-0.3, -0.25) is 4.79 Å². The van der Waals surface area contributed by atoms with Crippen molar-refractivity contribution in [3.8, 4) is 0 Å². The Labute approximate surface area is 200 Å². The van der Waals surface area contributed by atoms with Crippen molar-refractivity contribution in [3.05, 3.63) is 58.6 Å². The molecule has 0 aliphatic carbocycles. The summed E-state index contributed by atoms with van der Waals surface area (Å²) in [7, 11) is 0. The van der Waals surface area contributed by atoms with Crippen LogP contribution in [0.25, 0.3) is 0 Å². The molecule has 0 atom stereocenters. The van der Waals surface area contributed by atoms with Gasteiger partial charge in [-0.2, -0.15) is 0 Å². The summed E-state index contributed by atoms with van der Waals surface area (Å²) in [6, 6.07) is 11.9. The van der Waals surface area contributed by atoms with Gasteiger partial charge in [0.25, 0.3) is 5.91 Å². The fraction of sp³-hybridized carbons (Fsp3) is 0.462. The summed E-state index contributed by atoms with van der Waals surface area (Å²) in [4.78, 5) is 29.3. The maximum Gasteiger partial charge on any atom is 0.337 e. The van der Waals surface area contributed by atoms with Crippen LogP contribution in [0.2, 0.25) is 5.02 Å². The van der Waals surface area contributed by atoms with Gasteiger partial charge in [-0.05, 0) is 88.0 Å². The minimum atomic E-state index is -0.994. The van der Waals surface area contributed by atoms with Crippen LogP contribution in [0.3, 0.4) is 0 Å². The average Bonchev–Trinajstić information content (AvgIpc) is 2.84. The summed E-state index contributed by atoms with van der Waals surface area (Å²) in [6.07, 6.45) is 7.40. The largest absolute Gasteiger partial charge is 0.478 e. The van der Waals surface area contributed by atoms with Crippen LogP contribution < -0.4 is 10.2 Å². The average molecular weight is 470 g/mol. The Morgan fingerprint density at radius 3 is 2.39 bits per heavy atom. The number of carboxylic acids is 1. The molecule has 2 fully saturated rings. The van der Waals surface area contributed by atoms with Gasteiger partial charge in [0.15, 0.2) is 0 Å². The zero-order chi connectivity index (χ0) is 23.2. The van der Waals surface area contributed by atoms with Gasteiger partial charge in [0.1, 0.15) is 0 Å². The number of benzene rings is 2. The predicted molar refractivity (Wildman–Crippen MR) is 133 cm³/mol. The number of aromatic carboxylic acids is 1. The first kappa shape index (κ1) is 23.6. The number of halogens is 1. The van der Waals surface area contributed by atoms with Gasteiger partial charge in [-0.1, -0.05) is 30.2 Å². The molecule has 2 aromatic carbocycles. The molecule has 0 aromatic heterocycles. The highest BCUT2D eigenvalue weighted by molar-refractivity contribution is 6.34. The first-order valence-corrected chi connectivity index (χ1v) is 12.3. The van der Waals surface area contributed by atoms with Gasteiger partial charge in [-0.15, -0.1) is 0 Å². The van der Waals surface area contributed by atoms with Gasteiger partial charge >= 0.3 is 5.97 Å². The standard InChI is InChI=1S/C26H32ClN3O3/c27-23-7-3-2-6-21(23)25(31)28-20-8-9-24(22(18-20)26(32)33)30-16-11-19(12-17-30)10-15-29-13-4-1-5-14-29/h2-3,6-9,18-19H,1,4-5,10-17H2,(H,28,31)(H,32,33). The minimum absolute atomic E-state index is 0.207. The van der Waals surface area contributed by atoms with Crippen LogP contribution in [0.1, 0.15) is 59.2 Å². The van der Waals surface area contributed by atoms with Crippen molar-refractivity contribution in [2.24, 2.45) is 5.92 Å². The van der Waals surface area contributed by atoms with Crippen LogP contribution in [-0.4, -0.2) is 54.6 Å². The first-order valence-electron chi connectivity index (χ1n) is 11.9. The zero-order valence-electron chi connectivity index (χ0n) is 18.9. The zero-order valence-corrected chi connectivity index (χ0v) is 19.7. The molecule has 176 valence electrons. The highest BCUT2D eigenvalue weighted by Gasteiger charge is 2.24. The highest BCUT2D eigenvalue weighted by Crippen LogP contribution is 2.30. The van der Waals surface area contributed by atoms with E-state index in [2.05, 4.69) is 15.1 Å². The Bertz CT molecular complexity index is 982. The van der Waals surface area contributed by atoms with Gasteiger partial charge < -0.3 is 20.2 Å². The van der Waals surface area contributed by atoms with Crippen molar-refractivity contribution in [1.82, 2.24) is 4.90 Å². The number of amides is 1. The number of carbonyl (C=O) groups is 2. The lowest BCUT2D eigenvalue weighted by atomic mass is 9.92. The summed E-state index contributed by atoms with van der Waals surface area (Å²) >= 11 is 6.11. The molecular formula is C26H32ClN3O3. The van der Waals surface area contributed by atoms with Crippen LogP contribution in [-0.2, 0) is 0 Å². The third-order valence-electron chi connectivity index (χ3n) is 6.86. The van der Waals surface area contributed by atoms with E-state index in [-0.39, 0.29) is 11.5 Å². The molecule has 2 aliphatic heterocycles. The SMILES string of the molecule is O=C(Nc1ccc(N2CCC(CCN3CCCCC3)CC2)c(C(=O)O)c1)c1ccccc1Cl. The summed E-state index contributed by atoms with van der Waals surface area (Å²) < 4.78 is 0. The molecule has 0 spiro atoms. The number of hydrogen-bond acceptors (Lipinski definition) is 4. The number of carboxylic acid groups (broad SMARTS) is 1. The van der Waals surface area contributed by atoms with Crippen molar-refractivity contribution >= 4 is 34.9 Å². The molecule has 0 radical (unpaired) electrons. The van der Waals surface area contributed by atoms with Crippen molar-refractivity contribution in [3.63, 3.8) is 0 Å². The molecule has 2 aliphatic rings. The molecule has 2 heterocycles. The Morgan fingerprint density at radius 1 is 0.970 bits per heavy atom. The lowest BCUT2D eigenvalue weighted by molar-refractivity contribution is 0.0697. The third kappa shape index (κ3) is 6.06. The summed E-state index contributed by atoms with van der Waals surface area (Å²) in [5, 5.41) is 13.0. The molecule has 7 heteroatoms. The highest BCUT2D eigenvalue weighted by atomic mass is 35.5. The molecule has 1 amide bonds. The van der Waals surface area contributed by atoms with E-state index in [1.165, 1.54) is 51.4 Å². The monoisotopic (exact) mass is 469 g/mol. The van der Waals surface area contributed by atoms with E-state index < -0.39 is 5.97 Å². The number of anilines is 2. The van der Waals surface area contributed by atoms with Crippen molar-refractivity contribution < 1.29 is 14.7 Å². The van der Waals surface area contributed by atoms with Gasteiger partial charge in [0.2, 0.25) is 0 Å². The van der Waals surface area contributed by atoms with E-state index in [4.69, 9.17) is 11.6 Å². The van der Waals surface area contributed by atoms with E-state index in [1.807, 2.05) is 0 Å². The fourth-order valence-electron chi connectivity index (χ4n) is 4.92. The molecule has 33 heavy (non-hydrogen) atoms. The second-order valence-corrected chi connectivity index (χ2v) is 9.50. The molecule has 0 unspecified atom stereocenters.